The van der Waals surface area contributed by atoms with Gasteiger partial charge in [0, 0.05) is 25.3 Å². The fourth-order valence-electron chi connectivity index (χ4n) is 1.57. The Labute approximate surface area is 114 Å². The first-order chi connectivity index (χ1) is 9.24. The first-order valence-corrected chi connectivity index (χ1v) is 6.55. The largest absolute Gasteiger partial charge is 0.508 e. The molecule has 1 aromatic carbocycles. The van der Waals surface area contributed by atoms with E-state index in [9.17, 15) is 10.2 Å². The smallest absolute Gasteiger partial charge is 0.120 e. The first-order valence-electron chi connectivity index (χ1n) is 6.55. The van der Waals surface area contributed by atoms with Crippen LogP contribution in [0.4, 0.5) is 0 Å². The summed E-state index contributed by atoms with van der Waals surface area (Å²) < 4.78 is 10.4. The zero-order chi connectivity index (χ0) is 13.9. The number of rotatable bonds is 10. The maximum absolute atomic E-state index is 9.66. The second kappa shape index (κ2) is 9.75. The average molecular weight is 269 g/mol. The normalized spacial score (nSPS) is 12.5. The molecule has 0 aromatic heterocycles. The molecule has 0 amide bonds. The minimum absolute atomic E-state index is 0.262. The minimum Gasteiger partial charge on any atom is -0.508 e. The van der Waals surface area contributed by atoms with E-state index in [1.807, 2.05) is 19.1 Å². The topological polar surface area (TPSA) is 71.0 Å². The van der Waals surface area contributed by atoms with Gasteiger partial charge in [-0.05, 0) is 13.0 Å². The molecule has 0 aliphatic rings. The number of hydrogen-bond donors (Lipinski definition) is 3. The predicted octanol–water partition coefficient (Wildman–Crippen LogP) is 0.896. The Morgan fingerprint density at radius 3 is 2.68 bits per heavy atom. The van der Waals surface area contributed by atoms with Crippen LogP contribution >= 0.6 is 0 Å². The van der Waals surface area contributed by atoms with Crippen LogP contribution in [0.3, 0.4) is 0 Å². The molecule has 0 saturated heterocycles. The van der Waals surface area contributed by atoms with Crippen LogP contribution in [0.25, 0.3) is 0 Å². The summed E-state index contributed by atoms with van der Waals surface area (Å²) in [4.78, 5) is 0. The lowest BCUT2D eigenvalue weighted by Crippen LogP contribution is -2.30. The van der Waals surface area contributed by atoms with E-state index in [1.165, 1.54) is 0 Å². The molecule has 0 fully saturated rings. The van der Waals surface area contributed by atoms with E-state index < -0.39 is 6.10 Å². The van der Waals surface area contributed by atoms with E-state index in [4.69, 9.17) is 9.47 Å². The standard InChI is InChI=1S/C14H23NO4/c1-2-18-7-8-19-11-13(16)10-15-9-12-5-3-4-6-14(12)17/h3-6,13,15-17H,2,7-11H2,1H3. The van der Waals surface area contributed by atoms with Crippen molar-refractivity contribution in [2.45, 2.75) is 19.6 Å². The second-order valence-electron chi connectivity index (χ2n) is 4.19. The molecule has 0 radical (unpaired) electrons. The van der Waals surface area contributed by atoms with Crippen LogP contribution in [0.2, 0.25) is 0 Å². The van der Waals surface area contributed by atoms with E-state index in [1.54, 1.807) is 12.1 Å². The summed E-state index contributed by atoms with van der Waals surface area (Å²) >= 11 is 0. The van der Waals surface area contributed by atoms with Gasteiger partial charge in [-0.25, -0.2) is 0 Å². The predicted molar refractivity (Wildman–Crippen MR) is 73.1 cm³/mol. The lowest BCUT2D eigenvalue weighted by atomic mass is 10.2. The molecule has 0 aliphatic heterocycles. The van der Waals surface area contributed by atoms with Gasteiger partial charge in [-0.2, -0.15) is 0 Å². The zero-order valence-corrected chi connectivity index (χ0v) is 11.3. The number of aliphatic hydroxyl groups excluding tert-OH is 1. The van der Waals surface area contributed by atoms with Crippen molar-refractivity contribution in [3.63, 3.8) is 0 Å². The highest BCUT2D eigenvalue weighted by atomic mass is 16.5. The molecule has 5 heteroatoms. The average Bonchev–Trinajstić information content (AvgIpc) is 2.41. The zero-order valence-electron chi connectivity index (χ0n) is 11.3. The molecule has 19 heavy (non-hydrogen) atoms. The Morgan fingerprint density at radius 2 is 1.95 bits per heavy atom. The number of phenolic OH excluding ortho intramolecular Hbond substituents is 1. The Kier molecular flexibility index (Phi) is 8.16. The van der Waals surface area contributed by atoms with Gasteiger partial charge in [0.2, 0.25) is 0 Å². The third-order valence-corrected chi connectivity index (χ3v) is 2.57. The SMILES string of the molecule is CCOCCOCC(O)CNCc1ccccc1O. The Morgan fingerprint density at radius 1 is 1.21 bits per heavy atom. The Bertz CT molecular complexity index is 346. The molecule has 0 spiro atoms. The fourth-order valence-corrected chi connectivity index (χ4v) is 1.57. The fraction of sp³-hybridized carbons (Fsp3) is 0.571. The van der Waals surface area contributed by atoms with Crippen LogP contribution in [0, 0.1) is 0 Å². The molecule has 0 saturated carbocycles. The summed E-state index contributed by atoms with van der Waals surface area (Å²) in [5.41, 5.74) is 0.812. The summed E-state index contributed by atoms with van der Waals surface area (Å²) in [5.74, 6) is 0.262. The van der Waals surface area contributed by atoms with E-state index in [2.05, 4.69) is 5.32 Å². The van der Waals surface area contributed by atoms with Crippen LogP contribution in [0.5, 0.6) is 5.75 Å². The molecule has 108 valence electrons. The number of ether oxygens (including phenoxy) is 2. The van der Waals surface area contributed by atoms with E-state index in [-0.39, 0.29) is 12.4 Å². The van der Waals surface area contributed by atoms with Crippen molar-refractivity contribution >= 4 is 0 Å². The number of phenols is 1. The highest BCUT2D eigenvalue weighted by Gasteiger charge is 2.05. The molecule has 0 bridgehead atoms. The molecule has 1 atom stereocenters. The van der Waals surface area contributed by atoms with E-state index in [0.717, 1.165) is 5.56 Å². The molecule has 0 aliphatic carbocycles. The first kappa shape index (κ1) is 15.9. The van der Waals surface area contributed by atoms with E-state index in [0.29, 0.717) is 32.9 Å². The van der Waals surface area contributed by atoms with Gasteiger partial charge in [0.15, 0.2) is 0 Å². The van der Waals surface area contributed by atoms with Gasteiger partial charge in [0.05, 0.1) is 25.9 Å². The van der Waals surface area contributed by atoms with Crippen molar-refractivity contribution in [2.75, 3.05) is 33.0 Å². The monoisotopic (exact) mass is 269 g/mol. The molecule has 1 aromatic rings. The van der Waals surface area contributed by atoms with Crippen molar-refractivity contribution < 1.29 is 19.7 Å². The highest BCUT2D eigenvalue weighted by molar-refractivity contribution is 5.31. The van der Waals surface area contributed by atoms with Crippen molar-refractivity contribution in [3.05, 3.63) is 29.8 Å². The highest BCUT2D eigenvalue weighted by Crippen LogP contribution is 2.14. The summed E-state index contributed by atoms with van der Waals surface area (Å²) in [6.45, 7) is 4.86. The van der Waals surface area contributed by atoms with Gasteiger partial charge in [-0.1, -0.05) is 18.2 Å². The van der Waals surface area contributed by atoms with Crippen LogP contribution in [-0.4, -0.2) is 49.3 Å². The summed E-state index contributed by atoms with van der Waals surface area (Å²) in [7, 11) is 0. The number of aliphatic hydroxyl groups is 1. The Hall–Kier alpha value is -1.14. The van der Waals surface area contributed by atoms with Gasteiger partial charge in [-0.15, -0.1) is 0 Å². The van der Waals surface area contributed by atoms with Gasteiger partial charge < -0.3 is 25.0 Å². The number of benzene rings is 1. The molecule has 1 unspecified atom stereocenters. The summed E-state index contributed by atoms with van der Waals surface area (Å²) in [6.07, 6.45) is -0.563. The molecular formula is C14H23NO4. The number of para-hydroxylation sites is 1. The van der Waals surface area contributed by atoms with Crippen molar-refractivity contribution in [1.82, 2.24) is 5.32 Å². The van der Waals surface area contributed by atoms with E-state index >= 15 is 0 Å². The summed E-state index contributed by atoms with van der Waals surface area (Å²) in [5, 5.41) is 22.3. The number of nitrogens with one attached hydrogen (secondary N) is 1. The van der Waals surface area contributed by atoms with Gasteiger partial charge in [0.1, 0.15) is 5.75 Å². The maximum Gasteiger partial charge on any atom is 0.120 e. The summed E-state index contributed by atoms with van der Waals surface area (Å²) in [6, 6.07) is 7.13. The van der Waals surface area contributed by atoms with Crippen molar-refractivity contribution in [1.29, 1.82) is 0 Å². The van der Waals surface area contributed by atoms with Crippen LogP contribution < -0.4 is 5.32 Å². The minimum atomic E-state index is -0.563. The lowest BCUT2D eigenvalue weighted by Gasteiger charge is -2.13. The molecule has 5 nitrogen and oxygen atoms in total. The van der Waals surface area contributed by atoms with Crippen LogP contribution in [0.1, 0.15) is 12.5 Å². The van der Waals surface area contributed by atoms with Crippen LogP contribution in [-0.2, 0) is 16.0 Å². The third kappa shape index (κ3) is 7.12. The molecule has 1 rings (SSSR count). The number of hydrogen-bond acceptors (Lipinski definition) is 5. The Balaban J connectivity index is 2.07. The van der Waals surface area contributed by atoms with Gasteiger partial charge >= 0.3 is 0 Å². The van der Waals surface area contributed by atoms with Crippen LogP contribution in [0.15, 0.2) is 24.3 Å². The van der Waals surface area contributed by atoms with Gasteiger partial charge in [-0.3, -0.25) is 0 Å². The quantitative estimate of drug-likeness (QED) is 0.550. The molecule has 3 N–H and O–H groups in total. The van der Waals surface area contributed by atoms with Gasteiger partial charge in [0.25, 0.3) is 0 Å². The van der Waals surface area contributed by atoms with Crippen molar-refractivity contribution in [3.8, 4) is 5.75 Å². The third-order valence-electron chi connectivity index (χ3n) is 2.57. The second-order valence-corrected chi connectivity index (χ2v) is 4.19. The molecule has 0 heterocycles. The number of aromatic hydroxyl groups is 1. The molecular weight excluding hydrogens is 246 g/mol. The van der Waals surface area contributed by atoms with Crippen molar-refractivity contribution in [2.24, 2.45) is 0 Å². The maximum atomic E-state index is 9.66. The lowest BCUT2D eigenvalue weighted by molar-refractivity contribution is 0.00641.